The van der Waals surface area contributed by atoms with E-state index < -0.39 is 5.97 Å². The maximum absolute atomic E-state index is 11.6. The van der Waals surface area contributed by atoms with Crippen molar-refractivity contribution < 1.29 is 19.4 Å². The number of nitrogens with one attached hydrogen (secondary N) is 1. The number of hydrogen-bond donors (Lipinski definition) is 2. The van der Waals surface area contributed by atoms with Crippen LogP contribution in [0.4, 0.5) is 5.69 Å². The van der Waals surface area contributed by atoms with Crippen molar-refractivity contribution in [3.05, 3.63) is 57.6 Å². The highest BCUT2D eigenvalue weighted by Gasteiger charge is 2.41. The minimum absolute atomic E-state index is 0.0353. The third-order valence-electron chi connectivity index (χ3n) is 5.86. The number of benzene rings is 2. The van der Waals surface area contributed by atoms with Gasteiger partial charge in [0.15, 0.2) is 0 Å². The van der Waals surface area contributed by atoms with Crippen LogP contribution in [0.1, 0.15) is 59.0 Å². The maximum atomic E-state index is 11.6. The number of halogens is 1. The van der Waals surface area contributed by atoms with E-state index in [1.54, 1.807) is 13.2 Å². The predicted molar refractivity (Wildman–Crippen MR) is 109 cm³/mol. The van der Waals surface area contributed by atoms with Crippen LogP contribution in [0.5, 0.6) is 5.75 Å². The smallest absolute Gasteiger partial charge is 0.336 e. The SMILES string of the molecule is CCc1c(C(=O)O)ccc([C@H]2Nc3ccc(OC)cc3[C@@H]3OCCC[C@H]23)c1Cl. The molecule has 2 aliphatic rings. The fourth-order valence-corrected chi connectivity index (χ4v) is 4.93. The van der Waals surface area contributed by atoms with E-state index in [2.05, 4.69) is 5.32 Å². The van der Waals surface area contributed by atoms with Gasteiger partial charge in [-0.1, -0.05) is 24.6 Å². The predicted octanol–water partition coefficient (Wildman–Crippen LogP) is 5.24. The van der Waals surface area contributed by atoms with Crippen LogP contribution < -0.4 is 10.1 Å². The first-order valence-electron chi connectivity index (χ1n) is 9.65. The Morgan fingerprint density at radius 3 is 2.86 bits per heavy atom. The molecular formula is C22H24ClNO4. The molecule has 3 atom stereocenters. The van der Waals surface area contributed by atoms with Gasteiger partial charge in [0.25, 0.3) is 0 Å². The summed E-state index contributed by atoms with van der Waals surface area (Å²) < 4.78 is 11.6. The zero-order valence-corrected chi connectivity index (χ0v) is 16.8. The van der Waals surface area contributed by atoms with Crippen LogP contribution in [0, 0.1) is 5.92 Å². The zero-order valence-electron chi connectivity index (χ0n) is 16.0. The van der Waals surface area contributed by atoms with Gasteiger partial charge in [-0.25, -0.2) is 4.79 Å². The number of hydrogen-bond acceptors (Lipinski definition) is 4. The Bertz CT molecular complexity index is 914. The molecule has 0 saturated carbocycles. The average Bonchev–Trinajstić information content (AvgIpc) is 2.72. The molecule has 0 spiro atoms. The summed E-state index contributed by atoms with van der Waals surface area (Å²) in [6, 6.07) is 9.46. The topological polar surface area (TPSA) is 67.8 Å². The molecule has 148 valence electrons. The normalized spacial score (nSPS) is 23.3. The molecule has 2 heterocycles. The molecule has 2 aliphatic heterocycles. The molecule has 5 nitrogen and oxygen atoms in total. The van der Waals surface area contributed by atoms with E-state index in [1.165, 1.54) is 0 Å². The third kappa shape index (κ3) is 3.12. The Kier molecular flexibility index (Phi) is 5.21. The number of carbonyl (C=O) groups is 1. The molecule has 0 unspecified atom stereocenters. The van der Waals surface area contributed by atoms with E-state index in [1.807, 2.05) is 31.2 Å². The summed E-state index contributed by atoms with van der Waals surface area (Å²) in [5.41, 5.74) is 4.00. The van der Waals surface area contributed by atoms with Gasteiger partial charge in [0.05, 0.1) is 24.8 Å². The molecule has 2 aromatic rings. The molecule has 0 amide bonds. The Hall–Kier alpha value is -2.24. The molecule has 0 radical (unpaired) electrons. The Balaban J connectivity index is 1.81. The second-order valence-electron chi connectivity index (χ2n) is 7.33. The highest BCUT2D eigenvalue weighted by molar-refractivity contribution is 6.32. The van der Waals surface area contributed by atoms with Crippen LogP contribution >= 0.6 is 11.6 Å². The minimum Gasteiger partial charge on any atom is -0.497 e. The van der Waals surface area contributed by atoms with Crippen LogP contribution in [0.3, 0.4) is 0 Å². The molecule has 4 rings (SSSR count). The fraction of sp³-hybridized carbons (Fsp3) is 0.409. The summed E-state index contributed by atoms with van der Waals surface area (Å²) in [5.74, 6) is 0.0773. The van der Waals surface area contributed by atoms with Gasteiger partial charge < -0.3 is 19.9 Å². The lowest BCUT2D eigenvalue weighted by Gasteiger charge is -2.43. The zero-order chi connectivity index (χ0) is 19.8. The average molecular weight is 402 g/mol. The molecule has 28 heavy (non-hydrogen) atoms. The van der Waals surface area contributed by atoms with Crippen LogP contribution in [0.15, 0.2) is 30.3 Å². The van der Waals surface area contributed by atoms with E-state index in [9.17, 15) is 9.90 Å². The van der Waals surface area contributed by atoms with Gasteiger partial charge in [-0.2, -0.15) is 0 Å². The number of aromatic carboxylic acids is 1. The van der Waals surface area contributed by atoms with Crippen LogP contribution in [0.2, 0.25) is 5.02 Å². The number of ether oxygens (including phenoxy) is 2. The van der Waals surface area contributed by atoms with Gasteiger partial charge in [0, 0.05) is 28.8 Å². The first-order valence-corrected chi connectivity index (χ1v) is 10.0. The molecule has 6 heteroatoms. The fourth-order valence-electron chi connectivity index (χ4n) is 4.51. The standard InChI is InChI=1S/C22H24ClNO4/c1-3-13-14(22(25)26)7-8-15(19(13)23)20-16-5-4-10-28-21(16)17-11-12(27-2)6-9-18(17)24-20/h6-9,11,16,20-21,24H,3-5,10H2,1-2H3,(H,25,26)/t16-,20-,21-/m1/s1. The van der Waals surface area contributed by atoms with Crippen molar-refractivity contribution in [1.29, 1.82) is 0 Å². The Labute approximate surface area is 169 Å². The molecule has 2 aromatic carbocycles. The molecule has 0 aliphatic carbocycles. The summed E-state index contributed by atoms with van der Waals surface area (Å²) in [4.78, 5) is 11.6. The summed E-state index contributed by atoms with van der Waals surface area (Å²) in [6.07, 6.45) is 2.53. The monoisotopic (exact) mass is 401 g/mol. The summed E-state index contributed by atoms with van der Waals surface area (Å²) in [5, 5.41) is 13.7. The van der Waals surface area contributed by atoms with E-state index in [0.717, 1.165) is 42.0 Å². The Morgan fingerprint density at radius 2 is 2.14 bits per heavy atom. The minimum atomic E-state index is -0.946. The van der Waals surface area contributed by atoms with E-state index in [4.69, 9.17) is 21.1 Å². The number of anilines is 1. The largest absolute Gasteiger partial charge is 0.497 e. The van der Waals surface area contributed by atoms with E-state index in [-0.39, 0.29) is 23.6 Å². The van der Waals surface area contributed by atoms with Gasteiger partial charge in [-0.3, -0.25) is 0 Å². The molecule has 0 bridgehead atoms. The molecule has 1 saturated heterocycles. The number of rotatable bonds is 4. The second kappa shape index (κ2) is 7.64. The summed E-state index contributed by atoms with van der Waals surface area (Å²) in [6.45, 7) is 2.66. The molecule has 2 N–H and O–H groups in total. The van der Waals surface area contributed by atoms with Gasteiger partial charge in [-0.05, 0) is 54.7 Å². The number of carboxylic acids is 1. The van der Waals surface area contributed by atoms with E-state index in [0.29, 0.717) is 17.0 Å². The van der Waals surface area contributed by atoms with Crippen molar-refractivity contribution in [3.8, 4) is 5.75 Å². The number of carboxylic acid groups (broad SMARTS) is 1. The van der Waals surface area contributed by atoms with Crippen molar-refractivity contribution in [3.63, 3.8) is 0 Å². The van der Waals surface area contributed by atoms with E-state index >= 15 is 0 Å². The molecule has 0 aromatic heterocycles. The lowest BCUT2D eigenvalue weighted by Crippen LogP contribution is -2.36. The van der Waals surface area contributed by atoms with Crippen LogP contribution in [-0.2, 0) is 11.2 Å². The van der Waals surface area contributed by atoms with Crippen molar-refractivity contribution in [2.24, 2.45) is 5.92 Å². The van der Waals surface area contributed by atoms with Crippen molar-refractivity contribution in [2.75, 3.05) is 19.0 Å². The maximum Gasteiger partial charge on any atom is 0.336 e. The molecule has 1 fully saturated rings. The van der Waals surface area contributed by atoms with Crippen molar-refractivity contribution in [1.82, 2.24) is 0 Å². The van der Waals surface area contributed by atoms with Crippen molar-refractivity contribution in [2.45, 2.75) is 38.3 Å². The van der Waals surface area contributed by atoms with Crippen LogP contribution in [-0.4, -0.2) is 24.8 Å². The molecular weight excluding hydrogens is 378 g/mol. The lowest BCUT2D eigenvalue weighted by molar-refractivity contribution is -0.0382. The third-order valence-corrected chi connectivity index (χ3v) is 6.31. The number of fused-ring (bicyclic) bond motifs is 3. The Morgan fingerprint density at radius 1 is 1.32 bits per heavy atom. The summed E-state index contributed by atoms with van der Waals surface area (Å²) >= 11 is 6.73. The first-order chi connectivity index (χ1) is 13.5. The van der Waals surface area contributed by atoms with Gasteiger partial charge in [0.1, 0.15) is 5.75 Å². The van der Waals surface area contributed by atoms with Gasteiger partial charge in [-0.15, -0.1) is 0 Å². The highest BCUT2D eigenvalue weighted by atomic mass is 35.5. The summed E-state index contributed by atoms with van der Waals surface area (Å²) in [7, 11) is 1.66. The quantitative estimate of drug-likeness (QED) is 0.732. The number of methoxy groups -OCH3 is 1. The lowest BCUT2D eigenvalue weighted by atomic mass is 9.77. The van der Waals surface area contributed by atoms with Gasteiger partial charge in [0.2, 0.25) is 0 Å². The second-order valence-corrected chi connectivity index (χ2v) is 7.70. The van der Waals surface area contributed by atoms with Gasteiger partial charge >= 0.3 is 5.97 Å². The van der Waals surface area contributed by atoms with Crippen molar-refractivity contribution >= 4 is 23.3 Å². The highest BCUT2D eigenvalue weighted by Crippen LogP contribution is 2.51. The van der Waals surface area contributed by atoms with Crippen LogP contribution in [0.25, 0.3) is 0 Å². The first kappa shape index (κ1) is 19.1.